The lowest BCUT2D eigenvalue weighted by Crippen LogP contribution is -2.46. The Balaban J connectivity index is 2.48. The van der Waals surface area contributed by atoms with E-state index in [0.717, 1.165) is 18.2 Å². The summed E-state index contributed by atoms with van der Waals surface area (Å²) in [6, 6.07) is 2.81. The summed E-state index contributed by atoms with van der Waals surface area (Å²) in [6.45, 7) is 4.88. The first-order valence-electron chi connectivity index (χ1n) is 8.56. The van der Waals surface area contributed by atoms with Crippen LogP contribution in [-0.4, -0.2) is 37.7 Å². The van der Waals surface area contributed by atoms with Crippen LogP contribution in [0.3, 0.4) is 0 Å². The van der Waals surface area contributed by atoms with Crippen LogP contribution < -0.4 is 5.43 Å². The maximum Gasteiger partial charge on any atom is 0.352 e. The number of hydrazone groups is 1. The first-order chi connectivity index (χ1) is 13.3. The maximum absolute atomic E-state index is 11.9. The molecule has 0 bridgehead atoms. The summed E-state index contributed by atoms with van der Waals surface area (Å²) in [5.41, 5.74) is -1.52. The van der Waals surface area contributed by atoms with E-state index in [4.69, 9.17) is 0 Å². The topological polar surface area (TPSA) is 185 Å². The first-order valence-corrected chi connectivity index (χ1v) is 8.56. The van der Waals surface area contributed by atoms with E-state index in [1.165, 1.54) is 0 Å². The number of nitrogens with one attached hydrogen (secondary N) is 1. The maximum atomic E-state index is 11.9. The molecular weight excluding hydrogens is 388 g/mol. The number of rotatable bonds is 7. The fraction of sp³-hybridized carbons (Fsp3) is 0.471. The van der Waals surface area contributed by atoms with E-state index in [9.17, 15) is 40.0 Å². The minimum Gasteiger partial charge on any atom is -0.481 e. The van der Waals surface area contributed by atoms with Gasteiger partial charge in [-0.25, -0.2) is 4.79 Å². The number of nitro groups is 2. The average Bonchev–Trinajstić information content (AvgIpc) is 2.84. The molecule has 29 heavy (non-hydrogen) atoms. The van der Waals surface area contributed by atoms with Crippen LogP contribution in [0, 0.1) is 37.0 Å². The number of hydrogen-bond acceptors (Lipinski definition) is 8. The Morgan fingerprint density at radius 3 is 2.24 bits per heavy atom. The predicted octanol–water partition coefficient (Wildman–Crippen LogP) is 2.88. The van der Waals surface area contributed by atoms with E-state index in [-0.39, 0.29) is 24.2 Å². The van der Waals surface area contributed by atoms with Crippen LogP contribution in [0.2, 0.25) is 0 Å². The molecule has 1 saturated carbocycles. The Morgan fingerprint density at radius 1 is 1.17 bits per heavy atom. The molecule has 0 spiro atoms. The molecule has 0 unspecified atom stereocenters. The normalized spacial score (nSPS) is 23.4. The first kappa shape index (κ1) is 21.7. The molecule has 2 atom stereocenters. The van der Waals surface area contributed by atoms with Crippen LogP contribution in [0.5, 0.6) is 0 Å². The summed E-state index contributed by atoms with van der Waals surface area (Å²) < 4.78 is 0. The molecule has 1 aromatic carbocycles. The molecule has 3 N–H and O–H groups in total. The van der Waals surface area contributed by atoms with Crippen molar-refractivity contribution < 1.29 is 29.6 Å². The summed E-state index contributed by atoms with van der Waals surface area (Å²) in [7, 11) is 0. The van der Waals surface area contributed by atoms with Gasteiger partial charge in [-0.15, -0.1) is 0 Å². The molecule has 1 aliphatic carbocycles. The predicted molar refractivity (Wildman–Crippen MR) is 101 cm³/mol. The van der Waals surface area contributed by atoms with Crippen molar-refractivity contribution in [2.75, 3.05) is 5.43 Å². The molecule has 0 heterocycles. The molecular formula is C17H20N4O8. The molecule has 1 aliphatic rings. The van der Waals surface area contributed by atoms with Gasteiger partial charge in [-0.1, -0.05) is 20.8 Å². The molecule has 156 valence electrons. The molecule has 1 fully saturated rings. The summed E-state index contributed by atoms with van der Waals surface area (Å²) >= 11 is 0. The smallest absolute Gasteiger partial charge is 0.352 e. The van der Waals surface area contributed by atoms with Crippen LogP contribution in [0.15, 0.2) is 23.3 Å². The number of nitrogens with zero attached hydrogens (tertiary/aromatic N) is 3. The van der Waals surface area contributed by atoms with Crippen molar-refractivity contribution >= 4 is 34.7 Å². The van der Waals surface area contributed by atoms with E-state index >= 15 is 0 Å². The van der Waals surface area contributed by atoms with Gasteiger partial charge in [0.2, 0.25) is 0 Å². The number of aliphatic carboxylic acids is 2. The number of benzene rings is 1. The molecule has 0 aliphatic heterocycles. The van der Waals surface area contributed by atoms with Crippen LogP contribution in [-0.2, 0) is 9.59 Å². The largest absolute Gasteiger partial charge is 0.481 e. The Bertz CT molecular complexity index is 926. The van der Waals surface area contributed by atoms with Crippen molar-refractivity contribution in [1.82, 2.24) is 0 Å². The average molecular weight is 408 g/mol. The summed E-state index contributed by atoms with van der Waals surface area (Å²) in [6.07, 6.45) is 0.495. The van der Waals surface area contributed by atoms with Gasteiger partial charge in [-0.3, -0.25) is 30.4 Å². The number of non-ortho nitro benzene ring substituents is 1. The summed E-state index contributed by atoms with van der Waals surface area (Å²) in [5.74, 6) is -3.23. The minimum atomic E-state index is -1.40. The lowest BCUT2D eigenvalue weighted by atomic mass is 9.63. The van der Waals surface area contributed by atoms with E-state index < -0.39 is 49.9 Å². The molecule has 2 rings (SSSR count). The van der Waals surface area contributed by atoms with Gasteiger partial charge in [-0.05, 0) is 24.3 Å². The van der Waals surface area contributed by atoms with E-state index in [0.29, 0.717) is 0 Å². The highest BCUT2D eigenvalue weighted by atomic mass is 16.6. The Kier molecular flexibility index (Phi) is 5.58. The highest BCUT2D eigenvalue weighted by molar-refractivity contribution is 6.38. The van der Waals surface area contributed by atoms with Crippen LogP contribution >= 0.6 is 0 Å². The number of anilines is 1. The lowest BCUT2D eigenvalue weighted by molar-refractivity contribution is -0.393. The van der Waals surface area contributed by atoms with Crippen molar-refractivity contribution in [3.63, 3.8) is 0 Å². The second-order valence-corrected chi connectivity index (χ2v) is 7.58. The van der Waals surface area contributed by atoms with Crippen LogP contribution in [0.4, 0.5) is 17.1 Å². The highest BCUT2D eigenvalue weighted by Gasteiger charge is 2.58. The molecule has 12 nitrogen and oxygen atoms in total. The molecule has 1 aromatic rings. The van der Waals surface area contributed by atoms with Crippen LogP contribution in [0.25, 0.3) is 0 Å². The molecule has 0 aromatic heterocycles. The van der Waals surface area contributed by atoms with Gasteiger partial charge in [0.15, 0.2) is 5.71 Å². The summed E-state index contributed by atoms with van der Waals surface area (Å²) in [4.78, 5) is 43.9. The second-order valence-electron chi connectivity index (χ2n) is 7.58. The number of hydrogen-bond donors (Lipinski definition) is 3. The Morgan fingerprint density at radius 2 is 1.79 bits per heavy atom. The zero-order chi connectivity index (χ0) is 22.1. The van der Waals surface area contributed by atoms with Gasteiger partial charge in [0, 0.05) is 11.5 Å². The van der Waals surface area contributed by atoms with Gasteiger partial charge in [0.1, 0.15) is 5.69 Å². The van der Waals surface area contributed by atoms with Gasteiger partial charge < -0.3 is 10.2 Å². The zero-order valence-electron chi connectivity index (χ0n) is 15.9. The monoisotopic (exact) mass is 408 g/mol. The van der Waals surface area contributed by atoms with Gasteiger partial charge in [-0.2, -0.15) is 5.10 Å². The number of nitro benzene ring substituents is 2. The Hall–Kier alpha value is -3.57. The van der Waals surface area contributed by atoms with Gasteiger partial charge >= 0.3 is 17.6 Å². The quantitative estimate of drug-likeness (QED) is 0.346. The third-order valence-corrected chi connectivity index (χ3v) is 5.93. The van der Waals surface area contributed by atoms with Gasteiger partial charge in [0.05, 0.1) is 21.8 Å². The Labute approximate surface area is 164 Å². The number of carboxylic acids is 2. The molecule has 12 heteroatoms. The van der Waals surface area contributed by atoms with Crippen LogP contribution in [0.1, 0.15) is 33.6 Å². The second kappa shape index (κ2) is 7.45. The third kappa shape index (κ3) is 3.73. The highest BCUT2D eigenvalue weighted by Crippen LogP contribution is 2.56. The fourth-order valence-corrected chi connectivity index (χ4v) is 3.76. The number of carboxylic acid groups (broad SMARTS) is 2. The lowest BCUT2D eigenvalue weighted by Gasteiger charge is -2.39. The van der Waals surface area contributed by atoms with E-state index in [1.54, 1.807) is 20.8 Å². The van der Waals surface area contributed by atoms with Crippen molar-refractivity contribution in [1.29, 1.82) is 0 Å². The van der Waals surface area contributed by atoms with E-state index in [2.05, 4.69) is 10.5 Å². The minimum absolute atomic E-state index is 0.228. The molecule has 0 amide bonds. The zero-order valence-corrected chi connectivity index (χ0v) is 15.9. The van der Waals surface area contributed by atoms with Crippen molar-refractivity contribution in [2.45, 2.75) is 33.6 Å². The van der Waals surface area contributed by atoms with Crippen molar-refractivity contribution in [2.24, 2.45) is 21.8 Å². The van der Waals surface area contributed by atoms with Crippen molar-refractivity contribution in [3.8, 4) is 0 Å². The van der Waals surface area contributed by atoms with Crippen molar-refractivity contribution in [3.05, 3.63) is 38.4 Å². The SMILES string of the molecule is CC1(C)[C@H](C(=O)O)CC[C@]1(C)C(=NNc1ccc([N+](=O)[O-])cc1[N+](=O)[O-])C(=O)O. The molecule has 0 saturated heterocycles. The summed E-state index contributed by atoms with van der Waals surface area (Å²) in [5, 5.41) is 45.0. The molecule has 0 radical (unpaired) electrons. The standard InChI is InChI=1S/C17H20N4O8/c1-16(2)10(14(22)23)6-7-17(16,3)13(15(24)25)19-18-11-5-4-9(20(26)27)8-12(11)21(28)29/h4-5,8,10,18H,6-7H2,1-3H3,(H,22,23)(H,24,25)/t10-,17+/m0/s1. The fourth-order valence-electron chi connectivity index (χ4n) is 3.76. The third-order valence-electron chi connectivity index (χ3n) is 5.93. The van der Waals surface area contributed by atoms with Gasteiger partial charge in [0.25, 0.3) is 5.69 Å². The number of carbonyl (C=O) groups is 2. The van der Waals surface area contributed by atoms with E-state index in [1.807, 2.05) is 0 Å².